The Bertz CT molecular complexity index is 143. The van der Waals surface area contributed by atoms with E-state index < -0.39 is 0 Å². The molecule has 1 N–H and O–H groups in total. The summed E-state index contributed by atoms with van der Waals surface area (Å²) >= 11 is 0. The zero-order valence-electron chi connectivity index (χ0n) is 9.51. The normalized spacial score (nSPS) is 25.8. The summed E-state index contributed by atoms with van der Waals surface area (Å²) in [6.45, 7) is 14.1. The van der Waals surface area contributed by atoms with E-state index in [4.69, 9.17) is 0 Å². The molecule has 2 nitrogen and oxygen atoms in total. The minimum atomic E-state index is 0.701. The summed E-state index contributed by atoms with van der Waals surface area (Å²) < 4.78 is 0. The van der Waals surface area contributed by atoms with E-state index in [9.17, 15) is 0 Å². The molecular weight excluding hydrogens is 160 g/mol. The fourth-order valence-corrected chi connectivity index (χ4v) is 1.97. The Morgan fingerprint density at radius 3 is 2.54 bits per heavy atom. The van der Waals surface area contributed by atoms with E-state index in [0.717, 1.165) is 18.4 Å². The lowest BCUT2D eigenvalue weighted by atomic mass is 10.0. The molecule has 13 heavy (non-hydrogen) atoms. The monoisotopic (exact) mass is 184 g/mol. The molecule has 0 aromatic heterocycles. The van der Waals surface area contributed by atoms with Gasteiger partial charge in [-0.2, -0.15) is 0 Å². The molecular formula is C11H24N2. The molecule has 0 aromatic rings. The summed E-state index contributed by atoms with van der Waals surface area (Å²) in [5.41, 5.74) is 0. The van der Waals surface area contributed by atoms with Crippen molar-refractivity contribution in [3.63, 3.8) is 0 Å². The van der Waals surface area contributed by atoms with Crippen LogP contribution >= 0.6 is 0 Å². The van der Waals surface area contributed by atoms with Crippen LogP contribution < -0.4 is 5.32 Å². The first-order chi connectivity index (χ1) is 6.09. The van der Waals surface area contributed by atoms with Crippen LogP contribution in [0.5, 0.6) is 0 Å². The Morgan fingerprint density at radius 1 is 1.31 bits per heavy atom. The van der Waals surface area contributed by atoms with Gasteiger partial charge in [-0.25, -0.2) is 0 Å². The fraction of sp³-hybridized carbons (Fsp3) is 1.00. The van der Waals surface area contributed by atoms with Gasteiger partial charge in [-0.15, -0.1) is 0 Å². The van der Waals surface area contributed by atoms with Crippen LogP contribution in [0.2, 0.25) is 0 Å². The third kappa shape index (κ3) is 3.65. The summed E-state index contributed by atoms with van der Waals surface area (Å²) in [6.07, 6.45) is 0. The van der Waals surface area contributed by atoms with E-state index >= 15 is 0 Å². The van der Waals surface area contributed by atoms with Crippen molar-refractivity contribution in [2.24, 2.45) is 11.8 Å². The van der Waals surface area contributed by atoms with Crippen LogP contribution in [0.4, 0.5) is 0 Å². The molecule has 0 saturated carbocycles. The molecule has 1 atom stereocenters. The molecule has 1 heterocycles. The largest absolute Gasteiger partial charge is 0.311 e. The van der Waals surface area contributed by atoms with Crippen LogP contribution in [0.15, 0.2) is 0 Å². The average Bonchev–Trinajstić information content (AvgIpc) is 2.03. The fourth-order valence-electron chi connectivity index (χ4n) is 1.97. The van der Waals surface area contributed by atoms with Gasteiger partial charge in [0.2, 0.25) is 0 Å². The highest BCUT2D eigenvalue weighted by Gasteiger charge is 2.21. The molecule has 0 spiro atoms. The zero-order chi connectivity index (χ0) is 9.84. The first-order valence-corrected chi connectivity index (χ1v) is 5.55. The molecule has 1 unspecified atom stereocenters. The number of rotatable bonds is 3. The third-order valence-electron chi connectivity index (χ3n) is 2.72. The Hall–Kier alpha value is -0.0800. The summed E-state index contributed by atoms with van der Waals surface area (Å²) in [6, 6.07) is 0.701. The highest BCUT2D eigenvalue weighted by atomic mass is 15.2. The standard InChI is InChI=1S/C11H24N2/c1-9(2)7-13-6-5-12-11(8-13)10(3)4/h9-12H,5-8H2,1-4H3. The molecule has 1 aliphatic heterocycles. The molecule has 1 saturated heterocycles. The quantitative estimate of drug-likeness (QED) is 0.716. The van der Waals surface area contributed by atoms with E-state index in [-0.39, 0.29) is 0 Å². The van der Waals surface area contributed by atoms with Crippen LogP contribution in [0, 0.1) is 11.8 Å². The van der Waals surface area contributed by atoms with E-state index in [1.54, 1.807) is 0 Å². The summed E-state index contributed by atoms with van der Waals surface area (Å²) in [7, 11) is 0. The molecule has 0 aromatic carbocycles. The SMILES string of the molecule is CC(C)CN1CCNC(C(C)C)C1. The van der Waals surface area contributed by atoms with E-state index in [0.29, 0.717) is 6.04 Å². The average molecular weight is 184 g/mol. The van der Waals surface area contributed by atoms with Crippen LogP contribution in [-0.4, -0.2) is 37.1 Å². The molecule has 0 radical (unpaired) electrons. The van der Waals surface area contributed by atoms with Gasteiger partial charge in [0, 0.05) is 32.2 Å². The summed E-state index contributed by atoms with van der Waals surface area (Å²) in [5, 5.41) is 3.58. The topological polar surface area (TPSA) is 15.3 Å². The van der Waals surface area contributed by atoms with Gasteiger partial charge < -0.3 is 10.2 Å². The smallest absolute Gasteiger partial charge is 0.0218 e. The Balaban J connectivity index is 2.33. The number of hydrogen-bond acceptors (Lipinski definition) is 2. The van der Waals surface area contributed by atoms with Gasteiger partial charge in [-0.3, -0.25) is 0 Å². The first kappa shape index (κ1) is 11.0. The van der Waals surface area contributed by atoms with Gasteiger partial charge in [0.05, 0.1) is 0 Å². The van der Waals surface area contributed by atoms with Gasteiger partial charge >= 0.3 is 0 Å². The lowest BCUT2D eigenvalue weighted by molar-refractivity contribution is 0.160. The Morgan fingerprint density at radius 2 is 2.00 bits per heavy atom. The van der Waals surface area contributed by atoms with Gasteiger partial charge in [0.25, 0.3) is 0 Å². The number of nitrogens with zero attached hydrogens (tertiary/aromatic N) is 1. The first-order valence-electron chi connectivity index (χ1n) is 5.55. The van der Waals surface area contributed by atoms with Crippen molar-refractivity contribution in [2.45, 2.75) is 33.7 Å². The maximum absolute atomic E-state index is 3.58. The Kier molecular flexibility index (Phi) is 4.20. The zero-order valence-corrected chi connectivity index (χ0v) is 9.51. The molecule has 1 aliphatic rings. The van der Waals surface area contributed by atoms with Gasteiger partial charge in [0.15, 0.2) is 0 Å². The van der Waals surface area contributed by atoms with Crippen LogP contribution in [0.1, 0.15) is 27.7 Å². The molecule has 0 aliphatic carbocycles. The second-order valence-corrected chi connectivity index (χ2v) is 4.96. The number of hydrogen-bond donors (Lipinski definition) is 1. The van der Waals surface area contributed by atoms with E-state index in [2.05, 4.69) is 37.9 Å². The summed E-state index contributed by atoms with van der Waals surface area (Å²) in [5.74, 6) is 1.56. The predicted octanol–water partition coefficient (Wildman–Crippen LogP) is 1.57. The summed E-state index contributed by atoms with van der Waals surface area (Å²) in [4.78, 5) is 2.59. The minimum absolute atomic E-state index is 0.701. The van der Waals surface area contributed by atoms with Gasteiger partial charge in [0.1, 0.15) is 0 Å². The predicted molar refractivity (Wildman–Crippen MR) is 57.9 cm³/mol. The molecule has 0 bridgehead atoms. The van der Waals surface area contributed by atoms with Crippen molar-refractivity contribution in [1.82, 2.24) is 10.2 Å². The van der Waals surface area contributed by atoms with Gasteiger partial charge in [-0.05, 0) is 11.8 Å². The number of nitrogens with one attached hydrogen (secondary N) is 1. The van der Waals surface area contributed by atoms with Crippen molar-refractivity contribution in [3.8, 4) is 0 Å². The lowest BCUT2D eigenvalue weighted by Crippen LogP contribution is -2.53. The number of piperazine rings is 1. The second-order valence-electron chi connectivity index (χ2n) is 4.96. The van der Waals surface area contributed by atoms with Crippen molar-refractivity contribution in [3.05, 3.63) is 0 Å². The lowest BCUT2D eigenvalue weighted by Gasteiger charge is -2.36. The highest BCUT2D eigenvalue weighted by molar-refractivity contribution is 4.80. The maximum atomic E-state index is 3.58. The van der Waals surface area contributed by atoms with Crippen LogP contribution in [0.3, 0.4) is 0 Å². The molecule has 2 heteroatoms. The van der Waals surface area contributed by atoms with E-state index in [1.165, 1.54) is 19.6 Å². The van der Waals surface area contributed by atoms with Gasteiger partial charge in [-0.1, -0.05) is 27.7 Å². The van der Waals surface area contributed by atoms with Crippen molar-refractivity contribution < 1.29 is 0 Å². The molecule has 78 valence electrons. The van der Waals surface area contributed by atoms with Crippen LogP contribution in [-0.2, 0) is 0 Å². The maximum Gasteiger partial charge on any atom is 0.0218 e. The van der Waals surface area contributed by atoms with E-state index in [1.807, 2.05) is 0 Å². The molecule has 0 amide bonds. The minimum Gasteiger partial charge on any atom is -0.311 e. The van der Waals surface area contributed by atoms with Crippen molar-refractivity contribution in [1.29, 1.82) is 0 Å². The van der Waals surface area contributed by atoms with Crippen molar-refractivity contribution in [2.75, 3.05) is 26.2 Å². The third-order valence-corrected chi connectivity index (χ3v) is 2.72. The Labute approximate surface area is 82.7 Å². The molecule has 1 fully saturated rings. The van der Waals surface area contributed by atoms with Crippen LogP contribution in [0.25, 0.3) is 0 Å². The highest BCUT2D eigenvalue weighted by Crippen LogP contribution is 2.09. The van der Waals surface area contributed by atoms with Crippen molar-refractivity contribution >= 4 is 0 Å². The molecule has 1 rings (SSSR count). The second kappa shape index (κ2) is 4.97.